The summed E-state index contributed by atoms with van der Waals surface area (Å²) in [5, 5.41) is 21.8. The predicted molar refractivity (Wildman–Crippen MR) is 102 cm³/mol. The van der Waals surface area contributed by atoms with Gasteiger partial charge >= 0.3 is 0 Å². The maximum Gasteiger partial charge on any atom is 0.269 e. The zero-order chi connectivity index (χ0) is 19.8. The predicted octanol–water partition coefficient (Wildman–Crippen LogP) is 2.62. The van der Waals surface area contributed by atoms with Gasteiger partial charge in [-0.3, -0.25) is 4.79 Å². The van der Waals surface area contributed by atoms with Crippen molar-refractivity contribution in [3.8, 4) is 17.7 Å². The Balaban J connectivity index is 2.26. The van der Waals surface area contributed by atoms with E-state index >= 15 is 0 Å². The first kappa shape index (κ1) is 20.1. The standard InChI is InChI=1S/C20H23N3O4/c1-14(12-24)22-17-7-5-4-6-16(17)20(25)23(13-21)11-15-8-9-18(26-2)19(10-15)27-3/h4-10,14,22,24H,11-12H2,1-3H3/t14-/m0/s1. The molecule has 0 saturated heterocycles. The lowest BCUT2D eigenvalue weighted by Gasteiger charge is -2.19. The highest BCUT2D eigenvalue weighted by Crippen LogP contribution is 2.28. The Morgan fingerprint density at radius 1 is 1.22 bits per heavy atom. The fourth-order valence-corrected chi connectivity index (χ4v) is 2.57. The molecule has 0 aliphatic heterocycles. The van der Waals surface area contributed by atoms with Crippen LogP contribution < -0.4 is 14.8 Å². The maximum atomic E-state index is 12.9. The summed E-state index contributed by atoms with van der Waals surface area (Å²) in [5.74, 6) is 0.670. The molecule has 0 spiro atoms. The van der Waals surface area contributed by atoms with Gasteiger partial charge in [0.05, 0.1) is 32.9 Å². The highest BCUT2D eigenvalue weighted by molar-refractivity contribution is 6.00. The highest BCUT2D eigenvalue weighted by atomic mass is 16.5. The maximum absolute atomic E-state index is 12.9. The molecule has 0 fully saturated rings. The van der Waals surface area contributed by atoms with Gasteiger partial charge in [-0.1, -0.05) is 18.2 Å². The Kier molecular flexibility index (Phi) is 7.03. The Labute approximate surface area is 158 Å². The lowest BCUT2D eigenvalue weighted by Crippen LogP contribution is -2.28. The highest BCUT2D eigenvalue weighted by Gasteiger charge is 2.20. The largest absolute Gasteiger partial charge is 0.493 e. The first-order valence-corrected chi connectivity index (χ1v) is 8.43. The Bertz CT molecular complexity index is 832. The SMILES string of the molecule is COc1ccc(CN(C#N)C(=O)c2ccccc2N[C@@H](C)CO)cc1OC. The van der Waals surface area contributed by atoms with Gasteiger partial charge in [0.1, 0.15) is 0 Å². The van der Waals surface area contributed by atoms with Crippen molar-refractivity contribution in [2.45, 2.75) is 19.5 Å². The molecule has 0 aromatic heterocycles. The van der Waals surface area contributed by atoms with Crippen molar-refractivity contribution >= 4 is 11.6 Å². The molecule has 142 valence electrons. The zero-order valence-corrected chi connectivity index (χ0v) is 15.6. The van der Waals surface area contributed by atoms with Gasteiger partial charge < -0.3 is 19.9 Å². The summed E-state index contributed by atoms with van der Waals surface area (Å²) in [6.07, 6.45) is 1.94. The first-order chi connectivity index (χ1) is 13.0. The van der Waals surface area contributed by atoms with Crippen molar-refractivity contribution < 1.29 is 19.4 Å². The number of aliphatic hydroxyl groups is 1. The van der Waals surface area contributed by atoms with E-state index in [1.807, 2.05) is 6.19 Å². The molecule has 0 aliphatic rings. The van der Waals surface area contributed by atoms with Crippen molar-refractivity contribution in [2.75, 3.05) is 26.1 Å². The number of para-hydroxylation sites is 1. The number of carbonyl (C=O) groups is 1. The summed E-state index contributed by atoms with van der Waals surface area (Å²) in [4.78, 5) is 14.0. The minimum absolute atomic E-state index is 0.0733. The number of carbonyl (C=O) groups excluding carboxylic acids is 1. The number of nitrogens with one attached hydrogen (secondary N) is 1. The number of ether oxygens (including phenoxy) is 2. The van der Waals surface area contributed by atoms with Crippen molar-refractivity contribution in [2.24, 2.45) is 0 Å². The number of rotatable bonds is 8. The van der Waals surface area contributed by atoms with Gasteiger partial charge in [0.2, 0.25) is 0 Å². The molecule has 7 nitrogen and oxygen atoms in total. The van der Waals surface area contributed by atoms with Crippen LogP contribution in [0.1, 0.15) is 22.8 Å². The quantitative estimate of drug-likeness (QED) is 0.549. The number of nitriles is 1. The number of methoxy groups -OCH3 is 2. The van der Waals surface area contributed by atoms with Crippen molar-refractivity contribution in [1.29, 1.82) is 5.26 Å². The van der Waals surface area contributed by atoms with Gasteiger partial charge in [-0.2, -0.15) is 5.26 Å². The van der Waals surface area contributed by atoms with Gasteiger partial charge in [-0.25, -0.2) is 4.90 Å². The van der Waals surface area contributed by atoms with Crippen LogP contribution in [-0.2, 0) is 6.54 Å². The van der Waals surface area contributed by atoms with Gasteiger partial charge in [-0.15, -0.1) is 0 Å². The summed E-state index contributed by atoms with van der Waals surface area (Å²) in [7, 11) is 3.07. The van der Waals surface area contributed by atoms with Crippen LogP contribution in [0.5, 0.6) is 11.5 Å². The van der Waals surface area contributed by atoms with E-state index in [4.69, 9.17) is 9.47 Å². The molecule has 0 heterocycles. The van der Waals surface area contributed by atoms with Crippen LogP contribution >= 0.6 is 0 Å². The van der Waals surface area contributed by atoms with E-state index in [0.717, 1.165) is 10.5 Å². The number of hydrogen-bond donors (Lipinski definition) is 2. The summed E-state index contributed by atoms with van der Waals surface area (Å²) >= 11 is 0. The van der Waals surface area contributed by atoms with Crippen LogP contribution in [-0.4, -0.2) is 42.8 Å². The molecule has 0 saturated carbocycles. The van der Waals surface area contributed by atoms with Crippen LogP contribution in [0.3, 0.4) is 0 Å². The van der Waals surface area contributed by atoms with Crippen molar-refractivity contribution in [3.63, 3.8) is 0 Å². The Hall–Kier alpha value is -3.24. The fraction of sp³-hybridized carbons (Fsp3) is 0.300. The summed E-state index contributed by atoms with van der Waals surface area (Å²) in [6, 6.07) is 11.9. The van der Waals surface area contributed by atoms with E-state index < -0.39 is 5.91 Å². The summed E-state index contributed by atoms with van der Waals surface area (Å²) < 4.78 is 10.5. The molecular weight excluding hydrogens is 346 g/mol. The van der Waals surface area contributed by atoms with E-state index in [0.29, 0.717) is 22.7 Å². The van der Waals surface area contributed by atoms with E-state index in [9.17, 15) is 15.2 Å². The molecule has 2 aromatic rings. The molecule has 0 aliphatic carbocycles. The van der Waals surface area contributed by atoms with Crippen molar-refractivity contribution in [3.05, 3.63) is 53.6 Å². The first-order valence-electron chi connectivity index (χ1n) is 8.43. The number of benzene rings is 2. The zero-order valence-electron chi connectivity index (χ0n) is 15.6. The van der Waals surface area contributed by atoms with E-state index in [-0.39, 0.29) is 19.2 Å². The molecule has 2 rings (SSSR count). The van der Waals surface area contributed by atoms with E-state index in [1.165, 1.54) is 7.11 Å². The number of aliphatic hydroxyl groups excluding tert-OH is 1. The molecule has 0 radical (unpaired) electrons. The monoisotopic (exact) mass is 369 g/mol. The Morgan fingerprint density at radius 3 is 2.56 bits per heavy atom. The lowest BCUT2D eigenvalue weighted by atomic mass is 10.1. The average Bonchev–Trinajstić information content (AvgIpc) is 2.71. The summed E-state index contributed by atoms with van der Waals surface area (Å²) in [5.41, 5.74) is 1.66. The average molecular weight is 369 g/mol. The normalized spacial score (nSPS) is 11.2. The van der Waals surface area contributed by atoms with E-state index in [1.54, 1.807) is 56.5 Å². The number of nitrogens with zero attached hydrogens (tertiary/aromatic N) is 2. The van der Waals surface area contributed by atoms with Gasteiger partial charge in [0, 0.05) is 11.7 Å². The third kappa shape index (κ3) is 4.90. The second-order valence-electron chi connectivity index (χ2n) is 5.95. The molecule has 27 heavy (non-hydrogen) atoms. The molecule has 2 N–H and O–H groups in total. The fourth-order valence-electron chi connectivity index (χ4n) is 2.57. The Morgan fingerprint density at radius 2 is 1.93 bits per heavy atom. The molecule has 2 aromatic carbocycles. The molecule has 0 unspecified atom stereocenters. The number of amides is 1. The second kappa shape index (κ2) is 9.46. The molecule has 7 heteroatoms. The third-order valence-electron chi connectivity index (χ3n) is 3.99. The topological polar surface area (TPSA) is 94.8 Å². The van der Waals surface area contributed by atoms with Crippen LogP contribution in [0.4, 0.5) is 5.69 Å². The minimum atomic E-state index is -0.430. The van der Waals surface area contributed by atoms with Crippen LogP contribution in [0.2, 0.25) is 0 Å². The van der Waals surface area contributed by atoms with E-state index in [2.05, 4.69) is 5.32 Å². The molecular formula is C20H23N3O4. The van der Waals surface area contributed by atoms with Crippen LogP contribution in [0.15, 0.2) is 42.5 Å². The third-order valence-corrected chi connectivity index (χ3v) is 3.99. The van der Waals surface area contributed by atoms with Crippen LogP contribution in [0, 0.1) is 11.5 Å². The van der Waals surface area contributed by atoms with Crippen molar-refractivity contribution in [1.82, 2.24) is 4.90 Å². The summed E-state index contributed by atoms with van der Waals surface area (Å²) in [6.45, 7) is 1.82. The number of anilines is 1. The molecule has 0 bridgehead atoms. The van der Waals surface area contributed by atoms with Crippen LogP contribution in [0.25, 0.3) is 0 Å². The smallest absolute Gasteiger partial charge is 0.269 e. The number of hydrogen-bond acceptors (Lipinski definition) is 6. The van der Waals surface area contributed by atoms with Gasteiger partial charge in [0.25, 0.3) is 5.91 Å². The van der Waals surface area contributed by atoms with Gasteiger partial charge in [-0.05, 0) is 36.8 Å². The minimum Gasteiger partial charge on any atom is -0.493 e. The second-order valence-corrected chi connectivity index (χ2v) is 5.95. The van der Waals surface area contributed by atoms with Gasteiger partial charge in [0.15, 0.2) is 17.7 Å². The lowest BCUT2D eigenvalue weighted by molar-refractivity contribution is 0.0825. The molecule has 1 atom stereocenters. The molecule has 1 amide bonds.